The Morgan fingerprint density at radius 3 is 1.88 bits per heavy atom. The first kappa shape index (κ1) is 18.0. The van der Waals surface area contributed by atoms with Crippen molar-refractivity contribution in [2.24, 2.45) is 0 Å². The van der Waals surface area contributed by atoms with Crippen molar-refractivity contribution < 1.29 is 8.78 Å². The first-order valence-electron chi connectivity index (χ1n) is 8.03. The summed E-state index contributed by atoms with van der Waals surface area (Å²) in [5.74, 6) is -1.36. The topological polar surface area (TPSA) is 58.5 Å². The van der Waals surface area contributed by atoms with E-state index in [9.17, 15) is 8.78 Å². The summed E-state index contributed by atoms with van der Waals surface area (Å²) in [6.07, 6.45) is 0. The molecule has 4 N–H and O–H groups in total. The monoisotopic (exact) mass is 334 g/mol. The number of rotatable bonds is 2. The van der Waals surface area contributed by atoms with E-state index in [2.05, 4.69) is 11.8 Å². The molecule has 1 aliphatic rings. The van der Waals surface area contributed by atoms with Gasteiger partial charge in [-0.05, 0) is 30.8 Å². The zero-order valence-corrected chi connectivity index (χ0v) is 13.9. The molecule has 3 rings (SSSR count). The number of hydrogen-bond acceptors (Lipinski definition) is 4. The first-order chi connectivity index (χ1) is 11.5. The summed E-state index contributed by atoms with van der Waals surface area (Å²) in [6.45, 7) is 6.54. The van der Waals surface area contributed by atoms with Crippen LogP contribution in [-0.2, 0) is 0 Å². The predicted octanol–water partition coefficient (Wildman–Crippen LogP) is 2.96. The van der Waals surface area contributed by atoms with Gasteiger partial charge in [-0.15, -0.1) is 0 Å². The molecule has 24 heavy (non-hydrogen) atoms. The van der Waals surface area contributed by atoms with E-state index < -0.39 is 17.3 Å². The van der Waals surface area contributed by atoms with Gasteiger partial charge in [0, 0.05) is 37.6 Å². The van der Waals surface area contributed by atoms with Gasteiger partial charge in [-0.3, -0.25) is 0 Å². The summed E-state index contributed by atoms with van der Waals surface area (Å²) in [5, 5.41) is 0. The lowest BCUT2D eigenvalue weighted by Crippen LogP contribution is -2.46. The summed E-state index contributed by atoms with van der Waals surface area (Å²) in [6, 6.07) is 12.1. The molecule has 2 aromatic rings. The van der Waals surface area contributed by atoms with Gasteiger partial charge < -0.3 is 21.3 Å². The van der Waals surface area contributed by atoms with Crippen LogP contribution in [0.1, 0.15) is 6.92 Å². The lowest BCUT2D eigenvalue weighted by atomic mass is 10.2. The molecule has 0 atom stereocenters. The summed E-state index contributed by atoms with van der Waals surface area (Å²) in [7, 11) is 0. The van der Waals surface area contributed by atoms with Crippen molar-refractivity contribution >= 4 is 17.1 Å². The van der Waals surface area contributed by atoms with Crippen molar-refractivity contribution in [2.45, 2.75) is 6.92 Å². The number of hydrogen-bond donors (Lipinski definition) is 2. The van der Waals surface area contributed by atoms with E-state index in [-0.39, 0.29) is 0 Å². The van der Waals surface area contributed by atoms with E-state index in [1.807, 2.05) is 35.2 Å². The van der Waals surface area contributed by atoms with Gasteiger partial charge >= 0.3 is 0 Å². The van der Waals surface area contributed by atoms with Crippen LogP contribution in [0.3, 0.4) is 0 Å². The third-order valence-corrected chi connectivity index (χ3v) is 4.05. The smallest absolute Gasteiger partial charge is 0.151 e. The van der Waals surface area contributed by atoms with E-state index in [1.54, 1.807) is 0 Å². The van der Waals surface area contributed by atoms with E-state index in [0.717, 1.165) is 38.4 Å². The Bertz CT molecular complexity index is 618. The lowest BCUT2D eigenvalue weighted by Gasteiger charge is -2.35. The van der Waals surface area contributed by atoms with Gasteiger partial charge in [-0.25, -0.2) is 8.78 Å². The molecule has 1 aliphatic heterocycles. The summed E-state index contributed by atoms with van der Waals surface area (Å²) in [5.41, 5.74) is 11.6. The third kappa shape index (κ3) is 4.83. The van der Waals surface area contributed by atoms with Gasteiger partial charge in [0.25, 0.3) is 0 Å². The molecule has 0 spiro atoms. The molecule has 0 unspecified atom stereocenters. The molecule has 0 aromatic heterocycles. The van der Waals surface area contributed by atoms with Crippen molar-refractivity contribution in [2.75, 3.05) is 49.1 Å². The van der Waals surface area contributed by atoms with Gasteiger partial charge in [0.15, 0.2) is 11.6 Å². The minimum atomic E-state index is -0.682. The molecule has 6 heteroatoms. The molecule has 0 radical (unpaired) electrons. The number of nitrogens with zero attached hydrogens (tertiary/aromatic N) is 2. The van der Waals surface area contributed by atoms with Crippen LogP contribution in [0, 0.1) is 11.6 Å². The highest BCUT2D eigenvalue weighted by molar-refractivity contribution is 5.55. The second-order valence-corrected chi connectivity index (χ2v) is 5.66. The molecule has 2 aromatic carbocycles. The van der Waals surface area contributed by atoms with Gasteiger partial charge in [0.05, 0.1) is 0 Å². The standard InChI is InChI=1S/C12H17F2N3.C6H7N/c1-2-16-3-5-17(6-4-16)9-7-10(13)12(15)11(14)8-9;7-6-4-2-1-3-5-6/h7-8H,2-6,15H2,1H3;1-5H,7H2. The van der Waals surface area contributed by atoms with Crippen molar-refractivity contribution in [3.8, 4) is 0 Å². The highest BCUT2D eigenvalue weighted by atomic mass is 19.1. The largest absolute Gasteiger partial charge is 0.399 e. The Balaban J connectivity index is 0.000000249. The highest BCUT2D eigenvalue weighted by Crippen LogP contribution is 2.24. The van der Waals surface area contributed by atoms with Crippen molar-refractivity contribution in [3.63, 3.8) is 0 Å². The maximum absolute atomic E-state index is 13.3. The van der Waals surface area contributed by atoms with Crippen LogP contribution in [0.5, 0.6) is 0 Å². The maximum atomic E-state index is 13.3. The van der Waals surface area contributed by atoms with Gasteiger partial charge in [-0.2, -0.15) is 0 Å². The normalized spacial score (nSPS) is 14.9. The molecule has 0 bridgehead atoms. The number of anilines is 3. The molecule has 1 heterocycles. The summed E-state index contributed by atoms with van der Waals surface area (Å²) >= 11 is 0. The number of halogens is 2. The van der Waals surface area contributed by atoms with E-state index in [4.69, 9.17) is 11.5 Å². The van der Waals surface area contributed by atoms with E-state index >= 15 is 0 Å². The molecular weight excluding hydrogens is 310 g/mol. The number of nitrogen functional groups attached to an aromatic ring is 2. The van der Waals surface area contributed by atoms with Crippen LogP contribution in [0.4, 0.5) is 25.8 Å². The Labute approximate surface area is 141 Å². The fourth-order valence-corrected chi connectivity index (χ4v) is 2.53. The predicted molar refractivity (Wildman–Crippen MR) is 96.0 cm³/mol. The van der Waals surface area contributed by atoms with Crippen LogP contribution < -0.4 is 16.4 Å². The van der Waals surface area contributed by atoms with Crippen LogP contribution >= 0.6 is 0 Å². The summed E-state index contributed by atoms with van der Waals surface area (Å²) in [4.78, 5) is 4.29. The Hall–Kier alpha value is -2.34. The minimum Gasteiger partial charge on any atom is -0.399 e. The fraction of sp³-hybridized carbons (Fsp3) is 0.333. The number of benzene rings is 2. The fourth-order valence-electron chi connectivity index (χ4n) is 2.53. The van der Waals surface area contributed by atoms with Crippen molar-refractivity contribution in [1.29, 1.82) is 0 Å². The van der Waals surface area contributed by atoms with Gasteiger partial charge in [0.1, 0.15) is 5.69 Å². The third-order valence-electron chi connectivity index (χ3n) is 4.05. The Morgan fingerprint density at radius 2 is 1.46 bits per heavy atom. The second-order valence-electron chi connectivity index (χ2n) is 5.66. The van der Waals surface area contributed by atoms with Crippen molar-refractivity contribution in [3.05, 3.63) is 54.1 Å². The van der Waals surface area contributed by atoms with Crippen LogP contribution in [0.15, 0.2) is 42.5 Å². The zero-order valence-electron chi connectivity index (χ0n) is 13.9. The maximum Gasteiger partial charge on any atom is 0.151 e. The Morgan fingerprint density at radius 1 is 0.917 bits per heavy atom. The zero-order chi connectivity index (χ0) is 17.5. The number of likely N-dealkylation sites (N-methyl/N-ethyl adjacent to an activating group) is 1. The number of piperazine rings is 1. The minimum absolute atomic E-state index is 0.402. The second kappa shape index (κ2) is 8.49. The molecule has 1 fully saturated rings. The van der Waals surface area contributed by atoms with E-state index in [0.29, 0.717) is 5.69 Å². The molecule has 4 nitrogen and oxygen atoms in total. The number of nitrogens with two attached hydrogens (primary N) is 2. The van der Waals surface area contributed by atoms with Gasteiger partial charge in [-0.1, -0.05) is 25.1 Å². The van der Waals surface area contributed by atoms with Crippen LogP contribution in [0.2, 0.25) is 0 Å². The Kier molecular flexibility index (Phi) is 6.37. The average Bonchev–Trinajstić information content (AvgIpc) is 2.60. The van der Waals surface area contributed by atoms with E-state index in [1.165, 1.54) is 12.1 Å². The van der Waals surface area contributed by atoms with Gasteiger partial charge in [0.2, 0.25) is 0 Å². The highest BCUT2D eigenvalue weighted by Gasteiger charge is 2.18. The average molecular weight is 334 g/mol. The molecule has 0 amide bonds. The van der Waals surface area contributed by atoms with Crippen LogP contribution in [0.25, 0.3) is 0 Å². The number of para-hydroxylation sites is 1. The summed E-state index contributed by atoms with van der Waals surface area (Å²) < 4.78 is 26.7. The lowest BCUT2D eigenvalue weighted by molar-refractivity contribution is 0.271. The first-order valence-corrected chi connectivity index (χ1v) is 8.03. The molecule has 1 saturated heterocycles. The van der Waals surface area contributed by atoms with Crippen molar-refractivity contribution in [1.82, 2.24) is 4.90 Å². The molecule has 0 saturated carbocycles. The SMILES string of the molecule is CCN1CCN(c2cc(F)c(N)c(F)c2)CC1.Nc1ccccc1. The quantitative estimate of drug-likeness (QED) is 0.829. The molecule has 0 aliphatic carbocycles. The molecular formula is C18H24F2N4. The van der Waals surface area contributed by atoms with Crippen LogP contribution in [-0.4, -0.2) is 37.6 Å². The molecule has 130 valence electrons.